The number of aromatic nitrogens is 4. The number of nitrogens with zero attached hydrogens (tertiary/aromatic N) is 3. The van der Waals surface area contributed by atoms with Gasteiger partial charge in [-0.05, 0) is 5.39 Å². The Kier molecular flexibility index (Phi) is 3.41. The van der Waals surface area contributed by atoms with E-state index in [1.54, 1.807) is 12.1 Å². The first-order valence-electron chi connectivity index (χ1n) is 6.00. The molecule has 1 amide bonds. The molecule has 0 unspecified atom stereocenters. The first kappa shape index (κ1) is 13.3. The monoisotopic (exact) mass is 303 g/mol. The van der Waals surface area contributed by atoms with E-state index in [0.29, 0.717) is 21.5 Å². The van der Waals surface area contributed by atoms with Gasteiger partial charge in [0.15, 0.2) is 0 Å². The number of methoxy groups -OCH3 is 1. The summed E-state index contributed by atoms with van der Waals surface area (Å²) in [6, 6.07) is 7.41. The van der Waals surface area contributed by atoms with Gasteiger partial charge in [0.1, 0.15) is 5.15 Å². The van der Waals surface area contributed by atoms with Gasteiger partial charge in [0.25, 0.3) is 5.91 Å². The summed E-state index contributed by atoms with van der Waals surface area (Å²) in [5.41, 5.74) is 0.394. The van der Waals surface area contributed by atoms with Crippen LogP contribution in [0.5, 0.6) is 6.01 Å². The molecule has 106 valence electrons. The van der Waals surface area contributed by atoms with Crippen molar-refractivity contribution in [2.24, 2.45) is 0 Å². The van der Waals surface area contributed by atoms with Gasteiger partial charge < -0.3 is 4.74 Å². The Bertz CT molecular complexity index is 817. The summed E-state index contributed by atoms with van der Waals surface area (Å²) >= 11 is 6.03. The van der Waals surface area contributed by atoms with Crippen LogP contribution >= 0.6 is 11.6 Å². The maximum atomic E-state index is 12.3. The average molecular weight is 304 g/mol. The first-order chi connectivity index (χ1) is 10.2. The molecule has 0 fully saturated rings. The van der Waals surface area contributed by atoms with E-state index < -0.39 is 0 Å². The van der Waals surface area contributed by atoms with Crippen molar-refractivity contribution in [1.82, 2.24) is 20.2 Å². The van der Waals surface area contributed by atoms with Crippen LogP contribution in [0.4, 0.5) is 5.95 Å². The van der Waals surface area contributed by atoms with Gasteiger partial charge in [-0.25, -0.2) is 10.1 Å². The first-order valence-corrected chi connectivity index (χ1v) is 6.38. The molecule has 2 heterocycles. The summed E-state index contributed by atoms with van der Waals surface area (Å²) in [5, 5.41) is 10.7. The number of nitrogens with one attached hydrogen (secondary N) is 2. The lowest BCUT2D eigenvalue weighted by Crippen LogP contribution is -2.14. The number of H-pyrrole nitrogens is 1. The summed E-state index contributed by atoms with van der Waals surface area (Å²) in [7, 11) is 1.44. The number of carbonyl (C=O) groups excluding carboxylic acids is 1. The van der Waals surface area contributed by atoms with Gasteiger partial charge in [-0.15, -0.1) is 5.10 Å². The third-order valence-corrected chi connectivity index (χ3v) is 3.17. The molecule has 21 heavy (non-hydrogen) atoms. The summed E-state index contributed by atoms with van der Waals surface area (Å²) in [5.74, 6) is -0.176. The second-order valence-electron chi connectivity index (χ2n) is 4.13. The quantitative estimate of drug-likeness (QED) is 0.724. The van der Waals surface area contributed by atoms with Crippen LogP contribution in [0.25, 0.3) is 10.8 Å². The molecular formula is C13H10ClN5O2. The zero-order valence-electron chi connectivity index (χ0n) is 10.9. The van der Waals surface area contributed by atoms with Crippen LogP contribution in [0, 0.1) is 0 Å². The van der Waals surface area contributed by atoms with Crippen LogP contribution in [-0.4, -0.2) is 33.2 Å². The molecule has 8 heteroatoms. The number of fused-ring (bicyclic) bond motifs is 1. The maximum Gasteiger partial charge on any atom is 0.336 e. The highest BCUT2D eigenvalue weighted by molar-refractivity contribution is 6.35. The van der Waals surface area contributed by atoms with Crippen LogP contribution in [0.3, 0.4) is 0 Å². The number of rotatable bonds is 3. The number of benzene rings is 1. The summed E-state index contributed by atoms with van der Waals surface area (Å²) in [6.07, 6.45) is 1.42. The number of carbonyl (C=O) groups is 1. The van der Waals surface area contributed by atoms with Crippen molar-refractivity contribution in [3.63, 3.8) is 0 Å². The van der Waals surface area contributed by atoms with E-state index in [2.05, 4.69) is 25.5 Å². The van der Waals surface area contributed by atoms with E-state index in [1.807, 2.05) is 12.1 Å². The standard InChI is InChI=1S/C13H10ClN5O2/c1-21-13-17-12(18-19-13)16-11(20)9-6-15-10(14)8-5-3-2-4-7(8)9/h2-6H,1H3,(H2,16,17,18,19,20). The molecule has 3 rings (SSSR count). The fourth-order valence-electron chi connectivity index (χ4n) is 1.91. The molecule has 0 aliphatic carbocycles. The van der Waals surface area contributed by atoms with Gasteiger partial charge in [-0.1, -0.05) is 35.9 Å². The van der Waals surface area contributed by atoms with Crippen molar-refractivity contribution in [2.75, 3.05) is 12.4 Å². The van der Waals surface area contributed by atoms with E-state index >= 15 is 0 Å². The average Bonchev–Trinajstić information content (AvgIpc) is 2.95. The number of hydrogen-bond acceptors (Lipinski definition) is 5. The Morgan fingerprint density at radius 3 is 2.81 bits per heavy atom. The van der Waals surface area contributed by atoms with Gasteiger partial charge in [-0.2, -0.15) is 4.98 Å². The van der Waals surface area contributed by atoms with Gasteiger partial charge in [0, 0.05) is 11.6 Å². The zero-order chi connectivity index (χ0) is 14.8. The van der Waals surface area contributed by atoms with Gasteiger partial charge in [0.2, 0.25) is 5.95 Å². The van der Waals surface area contributed by atoms with E-state index in [0.717, 1.165) is 0 Å². The van der Waals surface area contributed by atoms with Crippen LogP contribution in [0.2, 0.25) is 5.15 Å². The Labute approximate surface area is 124 Å². The molecule has 0 aliphatic rings. The van der Waals surface area contributed by atoms with Gasteiger partial charge in [0.05, 0.1) is 12.7 Å². The number of halogens is 1. The second-order valence-corrected chi connectivity index (χ2v) is 4.49. The van der Waals surface area contributed by atoms with Crippen molar-refractivity contribution in [3.8, 4) is 6.01 Å². The zero-order valence-corrected chi connectivity index (χ0v) is 11.7. The molecule has 2 aromatic heterocycles. The summed E-state index contributed by atoms with van der Waals surface area (Å²) in [6.45, 7) is 0. The third kappa shape index (κ3) is 2.50. The fourth-order valence-corrected chi connectivity index (χ4v) is 2.12. The maximum absolute atomic E-state index is 12.3. The molecule has 2 N–H and O–H groups in total. The highest BCUT2D eigenvalue weighted by Gasteiger charge is 2.14. The predicted octanol–water partition coefficient (Wildman–Crippen LogP) is 2.27. The smallest absolute Gasteiger partial charge is 0.336 e. The molecule has 0 bridgehead atoms. The molecule has 0 radical (unpaired) electrons. The SMILES string of the molecule is COc1n[nH]c(NC(=O)c2cnc(Cl)c3ccccc23)n1. The minimum absolute atomic E-state index is 0.143. The van der Waals surface area contributed by atoms with E-state index in [4.69, 9.17) is 16.3 Å². The number of amides is 1. The van der Waals surface area contributed by atoms with Crippen LogP contribution < -0.4 is 10.1 Å². The van der Waals surface area contributed by atoms with Crippen molar-refractivity contribution in [1.29, 1.82) is 0 Å². The van der Waals surface area contributed by atoms with Crippen molar-refractivity contribution in [3.05, 3.63) is 41.2 Å². The Balaban J connectivity index is 1.96. The minimum Gasteiger partial charge on any atom is -0.466 e. The molecule has 3 aromatic rings. The van der Waals surface area contributed by atoms with Gasteiger partial charge >= 0.3 is 6.01 Å². The van der Waals surface area contributed by atoms with Crippen molar-refractivity contribution >= 4 is 34.2 Å². The van der Waals surface area contributed by atoms with E-state index in [9.17, 15) is 4.79 Å². The molecule has 0 saturated heterocycles. The lowest BCUT2D eigenvalue weighted by molar-refractivity contribution is 0.102. The molecule has 0 saturated carbocycles. The summed E-state index contributed by atoms with van der Waals surface area (Å²) in [4.78, 5) is 20.3. The number of anilines is 1. The number of ether oxygens (including phenoxy) is 1. The van der Waals surface area contributed by atoms with Crippen molar-refractivity contribution < 1.29 is 9.53 Å². The minimum atomic E-state index is -0.367. The summed E-state index contributed by atoms with van der Waals surface area (Å²) < 4.78 is 4.83. The lowest BCUT2D eigenvalue weighted by Gasteiger charge is -2.06. The van der Waals surface area contributed by atoms with Crippen LogP contribution in [0.15, 0.2) is 30.5 Å². The molecular weight excluding hydrogens is 294 g/mol. The van der Waals surface area contributed by atoms with Crippen molar-refractivity contribution in [2.45, 2.75) is 0 Å². The lowest BCUT2D eigenvalue weighted by atomic mass is 10.1. The van der Waals surface area contributed by atoms with E-state index in [1.165, 1.54) is 13.3 Å². The molecule has 0 atom stereocenters. The topological polar surface area (TPSA) is 92.8 Å². The fraction of sp³-hybridized carbons (Fsp3) is 0.0769. The highest BCUT2D eigenvalue weighted by atomic mass is 35.5. The predicted molar refractivity (Wildman–Crippen MR) is 77.6 cm³/mol. The normalized spacial score (nSPS) is 10.6. The Morgan fingerprint density at radius 2 is 2.10 bits per heavy atom. The van der Waals surface area contributed by atoms with Crippen LogP contribution in [0.1, 0.15) is 10.4 Å². The third-order valence-electron chi connectivity index (χ3n) is 2.87. The number of hydrogen-bond donors (Lipinski definition) is 2. The number of aromatic amines is 1. The molecule has 0 spiro atoms. The molecule has 0 aliphatic heterocycles. The number of pyridine rings is 1. The second kappa shape index (κ2) is 5.37. The molecule has 1 aromatic carbocycles. The molecule has 7 nitrogen and oxygen atoms in total. The van der Waals surface area contributed by atoms with Crippen LogP contribution in [-0.2, 0) is 0 Å². The Hall–Kier alpha value is -2.67. The van der Waals surface area contributed by atoms with Gasteiger partial charge in [-0.3, -0.25) is 10.1 Å². The Morgan fingerprint density at radius 1 is 1.33 bits per heavy atom. The van der Waals surface area contributed by atoms with E-state index in [-0.39, 0.29) is 17.9 Å². The highest BCUT2D eigenvalue weighted by Crippen LogP contribution is 2.24. The largest absolute Gasteiger partial charge is 0.466 e.